The average Bonchev–Trinajstić information content (AvgIpc) is 2.76. The first-order chi connectivity index (χ1) is 14.5. The van der Waals surface area contributed by atoms with Crippen LogP contribution >= 0.6 is 0 Å². The minimum absolute atomic E-state index is 0.313. The Balaban J connectivity index is 1.85. The van der Waals surface area contributed by atoms with Gasteiger partial charge in [-0.05, 0) is 41.5 Å². The molecule has 0 N–H and O–H groups in total. The molecule has 3 aromatic carbocycles. The summed E-state index contributed by atoms with van der Waals surface area (Å²) in [6.07, 6.45) is 2.53. The molecule has 0 aliphatic heterocycles. The summed E-state index contributed by atoms with van der Waals surface area (Å²) in [7, 11) is 2.97. The Kier molecular flexibility index (Phi) is 6.80. The fourth-order valence-electron chi connectivity index (χ4n) is 2.86. The van der Waals surface area contributed by atoms with Crippen LogP contribution in [0.2, 0.25) is 0 Å². The zero-order valence-corrected chi connectivity index (χ0v) is 16.5. The van der Waals surface area contributed by atoms with Gasteiger partial charge in [-0.1, -0.05) is 42.5 Å². The highest BCUT2D eigenvalue weighted by molar-refractivity contribution is 6.07. The van der Waals surface area contributed by atoms with Crippen molar-refractivity contribution in [2.75, 3.05) is 14.2 Å². The summed E-state index contributed by atoms with van der Waals surface area (Å²) in [6.45, 7) is 0.313. The van der Waals surface area contributed by atoms with Crippen molar-refractivity contribution in [3.05, 3.63) is 95.1 Å². The van der Waals surface area contributed by atoms with Gasteiger partial charge in [0.15, 0.2) is 17.3 Å². The maximum Gasteiger partial charge on any atom is 0.203 e. The van der Waals surface area contributed by atoms with Gasteiger partial charge in [-0.3, -0.25) is 4.79 Å². The van der Waals surface area contributed by atoms with Crippen molar-refractivity contribution >= 4 is 11.9 Å². The van der Waals surface area contributed by atoms with Gasteiger partial charge in [0.25, 0.3) is 0 Å². The number of carbonyl (C=O) groups is 1. The fraction of sp³-hybridized carbons (Fsp3) is 0.125. The van der Waals surface area contributed by atoms with Crippen LogP contribution in [0.25, 0.3) is 6.08 Å². The van der Waals surface area contributed by atoms with Gasteiger partial charge in [0, 0.05) is 0 Å². The smallest absolute Gasteiger partial charge is 0.203 e. The Bertz CT molecular complexity index is 1020. The highest BCUT2D eigenvalue weighted by atomic mass is 19.1. The Labute approximate surface area is 173 Å². The van der Waals surface area contributed by atoms with Crippen LogP contribution in [0.15, 0.2) is 66.7 Å². The maximum absolute atomic E-state index is 13.8. The number of methoxy groups -OCH3 is 2. The molecule has 0 unspecified atom stereocenters. The molecule has 0 heterocycles. The Morgan fingerprint density at radius 3 is 2.07 bits per heavy atom. The number of ketones is 1. The Morgan fingerprint density at radius 1 is 0.900 bits per heavy atom. The molecule has 3 rings (SSSR count). The van der Waals surface area contributed by atoms with Crippen LogP contribution in [0.5, 0.6) is 17.2 Å². The van der Waals surface area contributed by atoms with E-state index in [1.807, 2.05) is 30.3 Å². The van der Waals surface area contributed by atoms with Crippen molar-refractivity contribution in [2.45, 2.75) is 6.61 Å². The van der Waals surface area contributed by atoms with Crippen molar-refractivity contribution < 1.29 is 27.8 Å². The quantitative estimate of drug-likeness (QED) is 0.366. The molecule has 0 saturated carbocycles. The largest absolute Gasteiger partial charge is 0.493 e. The lowest BCUT2D eigenvalue weighted by Gasteiger charge is -2.15. The van der Waals surface area contributed by atoms with Crippen LogP contribution in [0.4, 0.5) is 8.78 Å². The van der Waals surface area contributed by atoms with Crippen LogP contribution in [0, 0.1) is 11.6 Å². The molecule has 0 saturated heterocycles. The molecular weight excluding hydrogens is 390 g/mol. The molecule has 0 atom stereocenters. The molecule has 6 heteroatoms. The van der Waals surface area contributed by atoms with E-state index < -0.39 is 23.0 Å². The van der Waals surface area contributed by atoms with Crippen molar-refractivity contribution in [1.82, 2.24) is 0 Å². The van der Waals surface area contributed by atoms with E-state index in [1.54, 1.807) is 12.1 Å². The lowest BCUT2D eigenvalue weighted by Crippen LogP contribution is -2.03. The molecule has 0 bridgehead atoms. The molecule has 0 aliphatic rings. The predicted octanol–water partition coefficient (Wildman–Crippen LogP) is 5.46. The average molecular weight is 410 g/mol. The molecular formula is C24H20F2O4. The van der Waals surface area contributed by atoms with E-state index in [9.17, 15) is 13.6 Å². The third-order valence-corrected chi connectivity index (χ3v) is 4.35. The second-order valence-electron chi connectivity index (χ2n) is 6.32. The summed E-state index contributed by atoms with van der Waals surface area (Å²) in [4.78, 5) is 12.2. The van der Waals surface area contributed by atoms with Gasteiger partial charge in [-0.25, -0.2) is 8.78 Å². The van der Waals surface area contributed by atoms with E-state index in [-0.39, 0.29) is 0 Å². The van der Waals surface area contributed by atoms with Crippen LogP contribution in [0.3, 0.4) is 0 Å². The number of carbonyl (C=O) groups excluding carboxylic acids is 1. The number of hydrogen-bond acceptors (Lipinski definition) is 4. The second kappa shape index (κ2) is 9.69. The van der Waals surface area contributed by atoms with Crippen molar-refractivity contribution in [3.8, 4) is 17.2 Å². The minimum atomic E-state index is -0.913. The molecule has 0 radical (unpaired) electrons. The summed E-state index contributed by atoms with van der Waals surface area (Å²) in [5, 5.41) is 0. The highest BCUT2D eigenvalue weighted by Gasteiger charge is 2.16. The van der Waals surface area contributed by atoms with E-state index in [4.69, 9.17) is 14.2 Å². The Hall–Kier alpha value is -3.67. The lowest BCUT2D eigenvalue weighted by atomic mass is 10.1. The van der Waals surface area contributed by atoms with E-state index in [2.05, 4.69) is 0 Å². The number of ether oxygens (including phenoxy) is 3. The Morgan fingerprint density at radius 2 is 1.50 bits per heavy atom. The summed E-state index contributed by atoms with van der Waals surface area (Å²) >= 11 is 0. The first-order valence-electron chi connectivity index (χ1n) is 9.12. The summed E-state index contributed by atoms with van der Waals surface area (Å²) < 4.78 is 44.3. The normalized spacial score (nSPS) is 10.8. The molecule has 0 spiro atoms. The van der Waals surface area contributed by atoms with Crippen molar-refractivity contribution in [1.29, 1.82) is 0 Å². The standard InChI is InChI=1S/C24H20F2O4/c1-28-21-13-17(11-12-20(27)23-18(25)9-6-10-19(23)26)14-22(29-2)24(21)30-15-16-7-4-3-5-8-16/h3-14H,15H2,1-2H3/b12-11+. The van der Waals surface area contributed by atoms with Gasteiger partial charge < -0.3 is 14.2 Å². The van der Waals surface area contributed by atoms with Gasteiger partial charge in [0.05, 0.1) is 19.8 Å². The molecule has 154 valence electrons. The van der Waals surface area contributed by atoms with Gasteiger partial charge in [0.2, 0.25) is 5.75 Å². The minimum Gasteiger partial charge on any atom is -0.493 e. The zero-order chi connectivity index (χ0) is 21.5. The van der Waals surface area contributed by atoms with Crippen LogP contribution < -0.4 is 14.2 Å². The second-order valence-corrected chi connectivity index (χ2v) is 6.32. The summed E-state index contributed by atoms with van der Waals surface area (Å²) in [6, 6.07) is 16.2. The third kappa shape index (κ3) is 4.84. The van der Waals surface area contributed by atoms with Gasteiger partial charge in [-0.15, -0.1) is 0 Å². The fourth-order valence-corrected chi connectivity index (χ4v) is 2.86. The van der Waals surface area contributed by atoms with Crippen LogP contribution in [-0.4, -0.2) is 20.0 Å². The maximum atomic E-state index is 13.8. The molecule has 0 fully saturated rings. The molecule has 3 aromatic rings. The summed E-state index contributed by atoms with van der Waals surface area (Å²) in [5.41, 5.74) is 0.916. The van der Waals surface area contributed by atoms with Crippen LogP contribution in [0.1, 0.15) is 21.5 Å². The number of hydrogen-bond donors (Lipinski definition) is 0. The highest BCUT2D eigenvalue weighted by Crippen LogP contribution is 2.39. The lowest BCUT2D eigenvalue weighted by molar-refractivity contribution is 0.104. The SMILES string of the molecule is COc1cc(/C=C/C(=O)c2c(F)cccc2F)cc(OC)c1OCc1ccccc1. The van der Waals surface area contributed by atoms with Gasteiger partial charge in [-0.2, -0.15) is 0 Å². The molecule has 30 heavy (non-hydrogen) atoms. The van der Waals surface area contributed by atoms with Crippen LogP contribution in [-0.2, 0) is 6.61 Å². The van der Waals surface area contributed by atoms with Gasteiger partial charge >= 0.3 is 0 Å². The molecule has 0 aromatic heterocycles. The zero-order valence-electron chi connectivity index (χ0n) is 16.5. The predicted molar refractivity (Wildman–Crippen MR) is 110 cm³/mol. The third-order valence-electron chi connectivity index (χ3n) is 4.35. The summed E-state index contributed by atoms with van der Waals surface area (Å²) in [5.74, 6) is -1.40. The monoisotopic (exact) mass is 410 g/mol. The molecule has 4 nitrogen and oxygen atoms in total. The van der Waals surface area contributed by atoms with E-state index in [0.29, 0.717) is 29.4 Å². The number of allylic oxidation sites excluding steroid dienone is 1. The van der Waals surface area contributed by atoms with E-state index in [0.717, 1.165) is 23.8 Å². The number of halogens is 2. The number of rotatable bonds is 8. The first-order valence-corrected chi connectivity index (χ1v) is 9.12. The van der Waals surface area contributed by atoms with Crippen molar-refractivity contribution in [3.63, 3.8) is 0 Å². The topological polar surface area (TPSA) is 44.8 Å². The number of benzene rings is 3. The van der Waals surface area contributed by atoms with E-state index >= 15 is 0 Å². The van der Waals surface area contributed by atoms with Crippen molar-refractivity contribution in [2.24, 2.45) is 0 Å². The van der Waals surface area contributed by atoms with Gasteiger partial charge in [0.1, 0.15) is 18.2 Å². The first kappa shape index (κ1) is 21.0. The molecule has 0 amide bonds. The van der Waals surface area contributed by atoms with E-state index in [1.165, 1.54) is 26.4 Å². The molecule has 0 aliphatic carbocycles.